The average molecular weight is 559 g/mol. The molecule has 1 aliphatic carbocycles. The Bertz CT molecular complexity index is 743. The first-order valence-electron chi connectivity index (χ1n) is 12.8. The summed E-state index contributed by atoms with van der Waals surface area (Å²) in [7, 11) is 2.50. The van der Waals surface area contributed by atoms with Crippen molar-refractivity contribution in [2.45, 2.75) is 57.8 Å². The summed E-state index contributed by atoms with van der Waals surface area (Å²) in [5.41, 5.74) is 5.41. The van der Waals surface area contributed by atoms with Gasteiger partial charge in [-0.1, -0.05) is 32.1 Å². The van der Waals surface area contributed by atoms with E-state index in [0.29, 0.717) is 12.0 Å². The van der Waals surface area contributed by atoms with Crippen LogP contribution in [0.1, 0.15) is 51.9 Å². The standard InChI is InChI=1S/C17H28F2N2S.C7H7NO2.C2H4.CH5N.CH4O/c1-17(18,19)13-22-16-9-11-21(12-15(16)20-2)10-8-14-6-4-3-5-7-14;9-4-5-10-7-2-1-3-8-6-7;3*1-2/h14H,2-13H2,1H3;1-4,6H,5H2;1-2H2;2H2,1H3;2H,1H3. The van der Waals surface area contributed by atoms with E-state index in [1.165, 1.54) is 57.3 Å². The molecule has 1 aromatic heterocycles. The molecule has 0 atom stereocenters. The van der Waals surface area contributed by atoms with Crippen molar-refractivity contribution in [1.82, 2.24) is 9.88 Å². The molecule has 1 saturated carbocycles. The second kappa shape index (κ2) is 25.2. The first kappa shape index (κ1) is 38.0. The molecule has 7 nitrogen and oxygen atoms in total. The van der Waals surface area contributed by atoms with Gasteiger partial charge in [-0.3, -0.25) is 19.7 Å². The molecule has 2 aliphatic rings. The minimum absolute atomic E-state index is 0.0890. The number of nitrogens with zero attached hydrogens (tertiary/aromatic N) is 3. The topological polar surface area (TPSA) is 101 Å². The number of aromatic nitrogens is 1. The van der Waals surface area contributed by atoms with Gasteiger partial charge in [0.25, 0.3) is 5.92 Å². The van der Waals surface area contributed by atoms with Gasteiger partial charge in [0.15, 0.2) is 6.29 Å². The molecule has 0 spiro atoms. The summed E-state index contributed by atoms with van der Waals surface area (Å²) in [4.78, 5) is 21.1. The van der Waals surface area contributed by atoms with Crippen LogP contribution in [0.25, 0.3) is 0 Å². The molecule has 2 heterocycles. The van der Waals surface area contributed by atoms with Gasteiger partial charge in [0.2, 0.25) is 0 Å². The highest BCUT2D eigenvalue weighted by Gasteiger charge is 2.25. The largest absolute Gasteiger partial charge is 0.485 e. The van der Waals surface area contributed by atoms with Crippen LogP contribution >= 0.6 is 11.8 Å². The summed E-state index contributed by atoms with van der Waals surface area (Å²) in [5, 5.41) is 7.00. The smallest absolute Gasteiger partial charge is 0.254 e. The van der Waals surface area contributed by atoms with E-state index in [4.69, 9.17) is 9.84 Å². The van der Waals surface area contributed by atoms with Crippen molar-refractivity contribution >= 4 is 24.8 Å². The molecule has 1 aromatic rings. The quantitative estimate of drug-likeness (QED) is 0.219. The van der Waals surface area contributed by atoms with Crippen LogP contribution in [0.4, 0.5) is 8.78 Å². The van der Waals surface area contributed by atoms with Crippen LogP contribution in [0.3, 0.4) is 0 Å². The molecule has 1 fully saturated rings. The zero-order chi connectivity index (χ0) is 29.2. The minimum Gasteiger partial charge on any atom is -0.485 e. The molecule has 218 valence electrons. The number of halogens is 2. The highest BCUT2D eigenvalue weighted by Crippen LogP contribution is 2.33. The number of hydrogen-bond donors (Lipinski definition) is 2. The van der Waals surface area contributed by atoms with Crippen molar-refractivity contribution in [3.8, 4) is 5.75 Å². The molecular weight excluding hydrogens is 510 g/mol. The minimum atomic E-state index is -2.62. The van der Waals surface area contributed by atoms with E-state index < -0.39 is 5.92 Å². The number of carbonyl (C=O) groups is 1. The van der Waals surface area contributed by atoms with E-state index in [1.807, 2.05) is 0 Å². The Balaban J connectivity index is 0. The van der Waals surface area contributed by atoms with Gasteiger partial charge in [-0.25, -0.2) is 8.78 Å². The zero-order valence-corrected chi connectivity index (χ0v) is 24.2. The summed E-state index contributed by atoms with van der Waals surface area (Å²) in [6, 6.07) is 3.50. The number of aliphatic imine (C=N–C) groups is 1. The molecule has 0 bridgehead atoms. The SMILES string of the molecule is C=C.C=NC1=C(SCC(C)(F)F)CCN(CCC2CCCCC2)C1.CN.CO.O=CCOc1cccnc1. The van der Waals surface area contributed by atoms with Crippen LogP contribution in [0.5, 0.6) is 5.75 Å². The lowest BCUT2D eigenvalue weighted by molar-refractivity contribution is -0.109. The third-order valence-corrected chi connectivity index (χ3v) is 7.01. The number of thioether (sulfide) groups is 1. The molecule has 38 heavy (non-hydrogen) atoms. The Morgan fingerprint density at radius 2 is 1.95 bits per heavy atom. The summed E-state index contributed by atoms with van der Waals surface area (Å²) < 4.78 is 30.9. The van der Waals surface area contributed by atoms with E-state index in [9.17, 15) is 13.6 Å². The molecule has 0 unspecified atom stereocenters. The normalized spacial score (nSPS) is 15.6. The number of aliphatic hydroxyl groups is 1. The highest BCUT2D eigenvalue weighted by molar-refractivity contribution is 8.03. The van der Waals surface area contributed by atoms with Gasteiger partial charge < -0.3 is 15.6 Å². The van der Waals surface area contributed by atoms with E-state index in [-0.39, 0.29) is 12.4 Å². The Morgan fingerprint density at radius 3 is 2.47 bits per heavy atom. The lowest BCUT2D eigenvalue weighted by Crippen LogP contribution is -2.33. The van der Waals surface area contributed by atoms with E-state index >= 15 is 0 Å². The van der Waals surface area contributed by atoms with Gasteiger partial charge in [-0.15, -0.1) is 24.9 Å². The van der Waals surface area contributed by atoms with Crippen molar-refractivity contribution in [2.24, 2.45) is 16.6 Å². The van der Waals surface area contributed by atoms with Crippen LogP contribution in [-0.4, -0.2) is 80.1 Å². The van der Waals surface area contributed by atoms with Crippen molar-refractivity contribution in [3.05, 3.63) is 48.3 Å². The van der Waals surface area contributed by atoms with E-state index in [2.05, 4.69) is 40.5 Å². The fourth-order valence-electron chi connectivity index (χ4n) is 3.89. The van der Waals surface area contributed by atoms with Crippen LogP contribution < -0.4 is 10.5 Å². The molecule has 0 saturated heterocycles. The Labute approximate surface area is 232 Å². The van der Waals surface area contributed by atoms with Crippen molar-refractivity contribution in [2.75, 3.05) is 46.2 Å². The second-order valence-electron chi connectivity index (χ2n) is 8.37. The average Bonchev–Trinajstić information content (AvgIpc) is 2.98. The number of rotatable bonds is 10. The number of alkyl halides is 2. The molecule has 10 heteroatoms. The highest BCUT2D eigenvalue weighted by atomic mass is 32.2. The monoisotopic (exact) mass is 558 g/mol. The van der Waals surface area contributed by atoms with Crippen LogP contribution in [0, 0.1) is 5.92 Å². The van der Waals surface area contributed by atoms with Crippen LogP contribution in [0.2, 0.25) is 0 Å². The Hall–Kier alpha value is -2.14. The predicted octanol–water partition coefficient (Wildman–Crippen LogP) is 5.61. The summed E-state index contributed by atoms with van der Waals surface area (Å²) in [6.45, 7) is 13.5. The maximum absolute atomic E-state index is 13.0. The van der Waals surface area contributed by atoms with E-state index in [0.717, 1.165) is 56.6 Å². The lowest BCUT2D eigenvalue weighted by atomic mass is 9.87. The molecule has 0 radical (unpaired) electrons. The summed E-state index contributed by atoms with van der Waals surface area (Å²) >= 11 is 1.25. The van der Waals surface area contributed by atoms with Gasteiger partial charge in [0.05, 0.1) is 17.6 Å². The van der Waals surface area contributed by atoms with Crippen LogP contribution in [0.15, 0.2) is 53.3 Å². The fourth-order valence-corrected chi connectivity index (χ4v) is 4.84. The van der Waals surface area contributed by atoms with Crippen molar-refractivity contribution in [3.63, 3.8) is 0 Å². The summed E-state index contributed by atoms with van der Waals surface area (Å²) in [6.07, 6.45) is 12.9. The zero-order valence-electron chi connectivity index (χ0n) is 23.4. The Kier molecular flexibility index (Phi) is 25.2. The number of aldehydes is 1. The van der Waals surface area contributed by atoms with Gasteiger partial charge >= 0.3 is 0 Å². The number of carbonyl (C=O) groups excluding carboxylic acids is 1. The maximum Gasteiger partial charge on any atom is 0.254 e. The molecular formula is C28H48F2N4O3S. The first-order valence-corrected chi connectivity index (χ1v) is 13.8. The summed E-state index contributed by atoms with van der Waals surface area (Å²) in [5.74, 6) is -1.28. The molecule has 3 rings (SSSR count). The van der Waals surface area contributed by atoms with Crippen molar-refractivity contribution < 1.29 is 23.4 Å². The number of nitrogens with two attached hydrogens (primary N) is 1. The third kappa shape index (κ3) is 19.0. The van der Waals surface area contributed by atoms with Crippen LogP contribution in [-0.2, 0) is 4.79 Å². The van der Waals surface area contributed by atoms with Gasteiger partial charge in [0, 0.05) is 38.2 Å². The lowest BCUT2D eigenvalue weighted by Gasteiger charge is -2.31. The molecule has 0 amide bonds. The number of hydrogen-bond acceptors (Lipinski definition) is 8. The number of ether oxygens (including phenoxy) is 1. The predicted molar refractivity (Wildman–Crippen MR) is 157 cm³/mol. The fraction of sp³-hybridized carbons (Fsp3) is 0.607. The molecule has 3 N–H and O–H groups in total. The number of pyridine rings is 1. The second-order valence-corrected chi connectivity index (χ2v) is 9.44. The Morgan fingerprint density at radius 1 is 1.29 bits per heavy atom. The maximum atomic E-state index is 13.0. The molecule has 1 aliphatic heterocycles. The first-order chi connectivity index (χ1) is 18.4. The molecule has 0 aromatic carbocycles. The van der Waals surface area contributed by atoms with Gasteiger partial charge in [-0.2, -0.15) is 0 Å². The van der Waals surface area contributed by atoms with Crippen molar-refractivity contribution in [1.29, 1.82) is 0 Å². The van der Waals surface area contributed by atoms with E-state index in [1.54, 1.807) is 24.5 Å². The van der Waals surface area contributed by atoms with Gasteiger partial charge in [0.1, 0.15) is 12.4 Å². The number of aliphatic hydroxyl groups excluding tert-OH is 1. The van der Waals surface area contributed by atoms with Gasteiger partial charge in [-0.05, 0) is 51.2 Å². The third-order valence-electron chi connectivity index (χ3n) is 5.57.